The molecule has 0 spiro atoms. The van der Waals surface area contributed by atoms with Crippen LogP contribution < -0.4 is 15.8 Å². The van der Waals surface area contributed by atoms with E-state index in [0.717, 1.165) is 6.20 Å². The Labute approximate surface area is 154 Å². The molecule has 138 valence electrons. The number of nitro groups is 1. The number of carbonyl (C=O) groups excluding carboxylic acids is 1. The molecular formula is C16H13N5O5S. The van der Waals surface area contributed by atoms with Gasteiger partial charge in [-0.3, -0.25) is 14.9 Å². The minimum atomic E-state index is -3.85. The van der Waals surface area contributed by atoms with Gasteiger partial charge in [-0.2, -0.15) is 5.26 Å². The van der Waals surface area contributed by atoms with Gasteiger partial charge in [-0.05, 0) is 30.3 Å². The number of nitrogens with one attached hydrogen (secondary N) is 2. The molecule has 0 saturated carbocycles. The number of non-ortho nitro benzene ring substituents is 1. The molecule has 4 N–H and O–H groups in total. The zero-order chi connectivity index (χ0) is 20.0. The fourth-order valence-electron chi connectivity index (χ4n) is 1.94. The molecule has 0 aliphatic rings. The summed E-state index contributed by atoms with van der Waals surface area (Å²) in [5.74, 6) is -0.751. The van der Waals surface area contributed by atoms with E-state index in [1.54, 1.807) is 6.07 Å². The maximum atomic E-state index is 12.1. The molecule has 0 aliphatic heterocycles. The van der Waals surface area contributed by atoms with Gasteiger partial charge in [0.25, 0.3) is 11.6 Å². The summed E-state index contributed by atoms with van der Waals surface area (Å²) >= 11 is 0. The molecule has 11 heteroatoms. The van der Waals surface area contributed by atoms with Crippen molar-refractivity contribution in [3.63, 3.8) is 0 Å². The lowest BCUT2D eigenvalue weighted by molar-refractivity contribution is -0.384. The maximum Gasteiger partial charge on any atom is 0.271 e. The molecule has 0 atom stereocenters. The average Bonchev–Trinajstić information content (AvgIpc) is 2.62. The molecule has 0 aliphatic carbocycles. The number of anilines is 2. The maximum absolute atomic E-state index is 12.1. The van der Waals surface area contributed by atoms with Crippen molar-refractivity contribution in [2.45, 2.75) is 4.90 Å². The quantitative estimate of drug-likeness (QED) is 0.293. The summed E-state index contributed by atoms with van der Waals surface area (Å²) in [5, 5.41) is 29.9. The third-order valence-corrected chi connectivity index (χ3v) is 4.18. The van der Waals surface area contributed by atoms with Crippen LogP contribution in [0, 0.1) is 21.4 Å². The number of hydrogen-bond donors (Lipinski definition) is 3. The van der Waals surface area contributed by atoms with E-state index in [0.29, 0.717) is 5.69 Å². The summed E-state index contributed by atoms with van der Waals surface area (Å²) in [6.07, 6.45) is 1.10. The molecule has 2 aromatic rings. The van der Waals surface area contributed by atoms with Crippen LogP contribution in [-0.2, 0) is 14.8 Å². The lowest BCUT2D eigenvalue weighted by Gasteiger charge is -2.06. The van der Waals surface area contributed by atoms with Gasteiger partial charge in [0.2, 0.25) is 10.0 Å². The number of hydrogen-bond acceptors (Lipinski definition) is 7. The molecule has 0 saturated heterocycles. The second-order valence-electron chi connectivity index (χ2n) is 5.15. The Kier molecular flexibility index (Phi) is 5.86. The average molecular weight is 387 g/mol. The topological polar surface area (TPSA) is 168 Å². The van der Waals surface area contributed by atoms with Crippen molar-refractivity contribution in [1.82, 2.24) is 0 Å². The van der Waals surface area contributed by atoms with Gasteiger partial charge in [-0.15, -0.1) is 0 Å². The van der Waals surface area contributed by atoms with E-state index >= 15 is 0 Å². The summed E-state index contributed by atoms with van der Waals surface area (Å²) < 4.78 is 22.4. The normalized spacial score (nSPS) is 11.3. The van der Waals surface area contributed by atoms with Gasteiger partial charge in [0.1, 0.15) is 11.6 Å². The highest BCUT2D eigenvalue weighted by Gasteiger charge is 2.12. The number of benzene rings is 2. The third kappa shape index (κ3) is 5.36. The molecule has 0 bridgehead atoms. The smallest absolute Gasteiger partial charge is 0.271 e. The number of nitro benzene ring substituents is 1. The number of rotatable bonds is 6. The molecule has 10 nitrogen and oxygen atoms in total. The number of nitrogens with zero attached hydrogens (tertiary/aromatic N) is 2. The fourth-order valence-corrected chi connectivity index (χ4v) is 2.46. The Morgan fingerprint density at radius 3 is 2.41 bits per heavy atom. The van der Waals surface area contributed by atoms with E-state index in [4.69, 9.17) is 10.4 Å². The first-order chi connectivity index (χ1) is 12.7. The van der Waals surface area contributed by atoms with Crippen LogP contribution in [-0.4, -0.2) is 19.2 Å². The molecule has 27 heavy (non-hydrogen) atoms. The zero-order valence-corrected chi connectivity index (χ0v) is 14.4. The van der Waals surface area contributed by atoms with Gasteiger partial charge >= 0.3 is 0 Å². The van der Waals surface area contributed by atoms with E-state index in [2.05, 4.69) is 10.6 Å². The number of nitrogens with two attached hydrogens (primary N) is 1. The summed E-state index contributed by atoms with van der Waals surface area (Å²) in [7, 11) is -3.85. The highest BCUT2D eigenvalue weighted by Crippen LogP contribution is 2.18. The van der Waals surface area contributed by atoms with Gasteiger partial charge in [-0.1, -0.05) is 6.07 Å². The second-order valence-corrected chi connectivity index (χ2v) is 6.71. The SMILES string of the molecule is N#C/C(=C/Nc1cccc([N+](=O)[O-])c1)C(=O)Nc1ccc(S(N)(=O)=O)cc1. The van der Waals surface area contributed by atoms with Crippen molar-refractivity contribution in [3.05, 3.63) is 70.4 Å². The van der Waals surface area contributed by atoms with Crippen LogP contribution in [0.5, 0.6) is 0 Å². The van der Waals surface area contributed by atoms with Gasteiger partial charge < -0.3 is 10.6 Å². The van der Waals surface area contributed by atoms with Gasteiger partial charge in [0, 0.05) is 29.7 Å². The predicted octanol–water partition coefficient (Wildman–Crippen LogP) is 1.70. The van der Waals surface area contributed by atoms with E-state index < -0.39 is 20.9 Å². The summed E-state index contributed by atoms with van der Waals surface area (Å²) in [6, 6.07) is 12.3. The van der Waals surface area contributed by atoms with Gasteiger partial charge in [0.15, 0.2) is 0 Å². The summed E-state index contributed by atoms with van der Waals surface area (Å²) in [5.41, 5.74) is 0.134. The number of primary sulfonamides is 1. The minimum Gasteiger partial charge on any atom is -0.360 e. The molecule has 2 rings (SSSR count). The standard InChI is InChI=1S/C16H13N5O5S/c17-9-11(10-19-13-2-1-3-14(8-13)21(23)24)16(22)20-12-4-6-15(7-5-12)27(18,25)26/h1-8,10,19H,(H,20,22)(H2,18,25,26)/b11-10-. The highest BCUT2D eigenvalue weighted by atomic mass is 32.2. The van der Waals surface area contributed by atoms with Crippen molar-refractivity contribution in [2.75, 3.05) is 10.6 Å². The van der Waals surface area contributed by atoms with Crippen molar-refractivity contribution < 1.29 is 18.1 Å². The molecule has 0 unspecified atom stereocenters. The third-order valence-electron chi connectivity index (χ3n) is 3.25. The Hall–Kier alpha value is -3.75. The van der Waals surface area contributed by atoms with E-state index in [1.807, 2.05) is 0 Å². The molecule has 0 aromatic heterocycles. The lowest BCUT2D eigenvalue weighted by Crippen LogP contribution is -2.15. The second kappa shape index (κ2) is 8.09. The number of nitriles is 1. The molecule has 0 fully saturated rings. The highest BCUT2D eigenvalue weighted by molar-refractivity contribution is 7.89. The van der Waals surface area contributed by atoms with E-state index in [1.165, 1.54) is 48.5 Å². The molecule has 0 radical (unpaired) electrons. The monoisotopic (exact) mass is 387 g/mol. The molecule has 0 heterocycles. The number of amides is 1. The van der Waals surface area contributed by atoms with Crippen molar-refractivity contribution in [3.8, 4) is 6.07 Å². The van der Waals surface area contributed by atoms with E-state index in [9.17, 15) is 23.3 Å². The lowest BCUT2D eigenvalue weighted by atomic mass is 10.2. The number of sulfonamides is 1. The van der Waals surface area contributed by atoms with Crippen molar-refractivity contribution >= 4 is 33.0 Å². The molecule has 2 aromatic carbocycles. The van der Waals surface area contributed by atoms with Crippen LogP contribution in [0.25, 0.3) is 0 Å². The predicted molar refractivity (Wildman–Crippen MR) is 96.9 cm³/mol. The first-order valence-electron chi connectivity index (χ1n) is 7.26. The van der Waals surface area contributed by atoms with Crippen LogP contribution in [0.1, 0.15) is 0 Å². The number of carbonyl (C=O) groups is 1. The van der Waals surface area contributed by atoms with Crippen molar-refractivity contribution in [2.24, 2.45) is 5.14 Å². The van der Waals surface area contributed by atoms with Crippen LogP contribution in [0.3, 0.4) is 0 Å². The zero-order valence-electron chi connectivity index (χ0n) is 13.6. The first kappa shape index (κ1) is 19.6. The largest absolute Gasteiger partial charge is 0.360 e. The Bertz CT molecular complexity index is 1060. The first-order valence-corrected chi connectivity index (χ1v) is 8.81. The van der Waals surface area contributed by atoms with Crippen molar-refractivity contribution in [1.29, 1.82) is 5.26 Å². The van der Waals surface area contributed by atoms with E-state index in [-0.39, 0.29) is 21.8 Å². The Balaban J connectivity index is 2.11. The Morgan fingerprint density at radius 2 is 1.85 bits per heavy atom. The van der Waals surface area contributed by atoms with Gasteiger partial charge in [-0.25, -0.2) is 13.6 Å². The minimum absolute atomic E-state index is 0.121. The summed E-state index contributed by atoms with van der Waals surface area (Å²) in [6.45, 7) is 0. The van der Waals surface area contributed by atoms with Gasteiger partial charge in [0.05, 0.1) is 9.82 Å². The molecule has 1 amide bonds. The van der Waals surface area contributed by atoms with Crippen LogP contribution in [0.15, 0.2) is 65.2 Å². The molecular weight excluding hydrogens is 374 g/mol. The van der Waals surface area contributed by atoms with Crippen LogP contribution >= 0.6 is 0 Å². The van der Waals surface area contributed by atoms with Crippen LogP contribution in [0.4, 0.5) is 17.1 Å². The fraction of sp³-hybridized carbons (Fsp3) is 0. The Morgan fingerprint density at radius 1 is 1.19 bits per heavy atom. The van der Waals surface area contributed by atoms with Crippen LogP contribution in [0.2, 0.25) is 0 Å². The summed E-state index contributed by atoms with van der Waals surface area (Å²) in [4.78, 5) is 22.2.